The topological polar surface area (TPSA) is 52.6 Å². The summed E-state index contributed by atoms with van der Waals surface area (Å²) >= 11 is 0.991. The van der Waals surface area contributed by atoms with Crippen molar-refractivity contribution in [3.8, 4) is 0 Å². The summed E-state index contributed by atoms with van der Waals surface area (Å²) in [6, 6.07) is 0.603. The van der Waals surface area contributed by atoms with E-state index >= 15 is 0 Å². The van der Waals surface area contributed by atoms with Crippen molar-refractivity contribution in [1.82, 2.24) is 20.5 Å². The monoisotopic (exact) mass is 363 g/mol. The summed E-state index contributed by atoms with van der Waals surface area (Å²) in [6.07, 6.45) is -0.622. The first-order valence-corrected chi connectivity index (χ1v) is 8.98. The van der Waals surface area contributed by atoms with E-state index in [0.29, 0.717) is 17.0 Å². The Morgan fingerprint density at radius 1 is 1.42 bits per heavy atom. The van der Waals surface area contributed by atoms with Crippen LogP contribution in [-0.4, -0.2) is 48.6 Å². The standard InChI is InChI=1S/C15H24F3N5S/c1-11-5-3-4-7-23(11)8-6-20-14(19-2)21-9-13-22-12(10-24-13)15(16,17)18/h10-11H,3-9H2,1-2H3,(H2,19,20,21). The van der Waals surface area contributed by atoms with E-state index in [2.05, 4.69) is 32.4 Å². The molecule has 1 unspecified atom stereocenters. The maximum atomic E-state index is 12.5. The van der Waals surface area contributed by atoms with Crippen molar-refractivity contribution >= 4 is 17.3 Å². The number of thiazole rings is 1. The van der Waals surface area contributed by atoms with Crippen molar-refractivity contribution in [2.75, 3.05) is 26.7 Å². The lowest BCUT2D eigenvalue weighted by Crippen LogP contribution is -2.45. The lowest BCUT2D eigenvalue weighted by Gasteiger charge is -2.33. The Kier molecular flexibility index (Phi) is 6.85. The lowest BCUT2D eigenvalue weighted by molar-refractivity contribution is -0.140. The number of hydrogen-bond acceptors (Lipinski definition) is 4. The fourth-order valence-electron chi connectivity index (χ4n) is 2.71. The largest absolute Gasteiger partial charge is 0.434 e. The first-order chi connectivity index (χ1) is 11.4. The summed E-state index contributed by atoms with van der Waals surface area (Å²) in [7, 11) is 1.64. The number of aliphatic imine (C=N–C) groups is 1. The second-order valence-corrected chi connectivity index (χ2v) is 6.80. The highest BCUT2D eigenvalue weighted by molar-refractivity contribution is 7.09. The normalized spacial score (nSPS) is 20.2. The summed E-state index contributed by atoms with van der Waals surface area (Å²) in [5.41, 5.74) is -0.841. The molecule has 0 aromatic carbocycles. The molecular formula is C15H24F3N5S. The third kappa shape index (κ3) is 5.62. The Labute approximate surface area is 144 Å². The lowest BCUT2D eigenvalue weighted by atomic mass is 10.0. The van der Waals surface area contributed by atoms with Gasteiger partial charge in [0, 0.05) is 31.6 Å². The fourth-order valence-corrected chi connectivity index (χ4v) is 3.45. The summed E-state index contributed by atoms with van der Waals surface area (Å²) < 4.78 is 37.6. The SMILES string of the molecule is CN=C(NCCN1CCCCC1C)NCc1nc(C(F)(F)F)cs1. The molecule has 1 fully saturated rings. The van der Waals surface area contributed by atoms with Crippen LogP contribution in [0.1, 0.15) is 36.9 Å². The van der Waals surface area contributed by atoms with E-state index in [9.17, 15) is 13.2 Å². The van der Waals surface area contributed by atoms with E-state index in [-0.39, 0.29) is 6.54 Å². The van der Waals surface area contributed by atoms with Crippen molar-refractivity contribution in [2.24, 2.45) is 4.99 Å². The van der Waals surface area contributed by atoms with Crippen molar-refractivity contribution in [1.29, 1.82) is 0 Å². The van der Waals surface area contributed by atoms with Crippen LogP contribution in [0.15, 0.2) is 10.4 Å². The van der Waals surface area contributed by atoms with Crippen molar-refractivity contribution < 1.29 is 13.2 Å². The van der Waals surface area contributed by atoms with Gasteiger partial charge in [-0.25, -0.2) is 4.98 Å². The minimum Gasteiger partial charge on any atom is -0.355 e. The number of likely N-dealkylation sites (tertiary alicyclic amines) is 1. The van der Waals surface area contributed by atoms with Crippen LogP contribution in [0.5, 0.6) is 0 Å². The first-order valence-electron chi connectivity index (χ1n) is 8.10. The maximum Gasteiger partial charge on any atom is 0.434 e. The van der Waals surface area contributed by atoms with Crippen LogP contribution in [-0.2, 0) is 12.7 Å². The second-order valence-electron chi connectivity index (χ2n) is 5.86. The van der Waals surface area contributed by atoms with Gasteiger partial charge < -0.3 is 10.6 Å². The molecule has 0 radical (unpaired) electrons. The summed E-state index contributed by atoms with van der Waals surface area (Å²) in [4.78, 5) is 10.1. The van der Waals surface area contributed by atoms with E-state index in [1.54, 1.807) is 7.05 Å². The van der Waals surface area contributed by atoms with Crippen molar-refractivity contribution in [2.45, 2.75) is 44.9 Å². The molecule has 0 spiro atoms. The molecule has 1 atom stereocenters. The van der Waals surface area contributed by atoms with E-state index in [4.69, 9.17) is 0 Å². The third-order valence-corrected chi connectivity index (χ3v) is 4.95. The quantitative estimate of drug-likeness (QED) is 0.624. The molecule has 2 heterocycles. The van der Waals surface area contributed by atoms with E-state index < -0.39 is 11.9 Å². The Morgan fingerprint density at radius 3 is 2.83 bits per heavy atom. The zero-order valence-corrected chi connectivity index (χ0v) is 14.8. The molecule has 5 nitrogen and oxygen atoms in total. The number of hydrogen-bond donors (Lipinski definition) is 2. The van der Waals surface area contributed by atoms with Crippen LogP contribution in [0, 0.1) is 0 Å². The highest BCUT2D eigenvalue weighted by Gasteiger charge is 2.33. The molecule has 0 amide bonds. The minimum atomic E-state index is -4.39. The average molecular weight is 363 g/mol. The van der Waals surface area contributed by atoms with Crippen LogP contribution in [0.4, 0.5) is 13.2 Å². The van der Waals surface area contributed by atoms with Gasteiger partial charge in [0.15, 0.2) is 11.7 Å². The molecule has 1 aromatic heterocycles. The molecule has 0 aliphatic carbocycles. The number of piperidine rings is 1. The van der Waals surface area contributed by atoms with E-state index in [0.717, 1.165) is 36.4 Å². The molecule has 1 saturated heterocycles. The van der Waals surface area contributed by atoms with Gasteiger partial charge in [-0.15, -0.1) is 11.3 Å². The molecule has 1 aromatic rings. The van der Waals surface area contributed by atoms with Crippen LogP contribution in [0.3, 0.4) is 0 Å². The van der Waals surface area contributed by atoms with Crippen LogP contribution < -0.4 is 10.6 Å². The van der Waals surface area contributed by atoms with Gasteiger partial charge in [0.1, 0.15) is 5.01 Å². The molecule has 9 heteroatoms. The molecular weight excluding hydrogens is 339 g/mol. The van der Waals surface area contributed by atoms with Gasteiger partial charge >= 0.3 is 6.18 Å². The summed E-state index contributed by atoms with van der Waals surface area (Å²) in [6.45, 7) is 5.26. The summed E-state index contributed by atoms with van der Waals surface area (Å²) in [5.74, 6) is 0.573. The molecule has 0 bridgehead atoms. The van der Waals surface area contributed by atoms with Gasteiger partial charge in [0.2, 0.25) is 0 Å². The number of guanidine groups is 1. The fraction of sp³-hybridized carbons (Fsp3) is 0.733. The van der Waals surface area contributed by atoms with Gasteiger partial charge in [-0.2, -0.15) is 13.2 Å². The average Bonchev–Trinajstić information content (AvgIpc) is 3.01. The second kappa shape index (κ2) is 8.66. The number of alkyl halides is 3. The maximum absolute atomic E-state index is 12.5. The van der Waals surface area contributed by atoms with Gasteiger partial charge in [0.25, 0.3) is 0 Å². The highest BCUT2D eigenvalue weighted by Crippen LogP contribution is 2.29. The molecule has 24 heavy (non-hydrogen) atoms. The van der Waals surface area contributed by atoms with Gasteiger partial charge in [-0.1, -0.05) is 6.42 Å². The smallest absolute Gasteiger partial charge is 0.355 e. The zero-order valence-electron chi connectivity index (χ0n) is 14.0. The molecule has 0 saturated carbocycles. The predicted molar refractivity (Wildman–Crippen MR) is 90.2 cm³/mol. The number of halogens is 3. The number of aromatic nitrogens is 1. The zero-order chi connectivity index (χ0) is 17.6. The number of nitrogens with zero attached hydrogens (tertiary/aromatic N) is 3. The van der Waals surface area contributed by atoms with Crippen molar-refractivity contribution in [3.63, 3.8) is 0 Å². The molecule has 1 aliphatic rings. The van der Waals surface area contributed by atoms with Crippen LogP contribution in [0.2, 0.25) is 0 Å². The van der Waals surface area contributed by atoms with Gasteiger partial charge in [0.05, 0.1) is 6.54 Å². The Balaban J connectivity index is 1.73. The third-order valence-electron chi connectivity index (χ3n) is 4.10. The summed E-state index contributed by atoms with van der Waals surface area (Å²) in [5, 5.41) is 7.61. The molecule has 2 rings (SSSR count). The Bertz CT molecular complexity index is 543. The van der Waals surface area contributed by atoms with Crippen LogP contribution in [0.25, 0.3) is 0 Å². The molecule has 2 N–H and O–H groups in total. The van der Waals surface area contributed by atoms with Crippen LogP contribution >= 0.6 is 11.3 Å². The Morgan fingerprint density at radius 2 is 2.21 bits per heavy atom. The Hall–Kier alpha value is -1.35. The number of nitrogens with one attached hydrogen (secondary N) is 2. The molecule has 1 aliphatic heterocycles. The highest BCUT2D eigenvalue weighted by atomic mass is 32.1. The van der Waals surface area contributed by atoms with Gasteiger partial charge in [-0.05, 0) is 26.3 Å². The minimum absolute atomic E-state index is 0.223. The van der Waals surface area contributed by atoms with Crippen molar-refractivity contribution in [3.05, 3.63) is 16.1 Å². The number of rotatable bonds is 5. The first kappa shape index (κ1) is 19.0. The predicted octanol–water partition coefficient (Wildman–Crippen LogP) is 2.70. The van der Waals surface area contributed by atoms with Gasteiger partial charge in [-0.3, -0.25) is 9.89 Å². The molecule has 136 valence electrons. The van der Waals surface area contributed by atoms with E-state index in [1.165, 1.54) is 19.3 Å². The van der Waals surface area contributed by atoms with E-state index in [1.807, 2.05) is 0 Å².